The van der Waals surface area contributed by atoms with Gasteiger partial charge in [0, 0.05) is 24.3 Å². The van der Waals surface area contributed by atoms with Gasteiger partial charge in [0.05, 0.1) is 11.4 Å². The van der Waals surface area contributed by atoms with E-state index in [2.05, 4.69) is 25.5 Å². The molecule has 0 fully saturated rings. The third kappa shape index (κ3) is 3.25. The number of para-hydroxylation sites is 1. The van der Waals surface area contributed by atoms with Crippen molar-refractivity contribution in [2.24, 2.45) is 9.98 Å². The minimum Gasteiger partial charge on any atom is -0.351 e. The van der Waals surface area contributed by atoms with Crippen LogP contribution in [0.5, 0.6) is 0 Å². The molecule has 0 aliphatic carbocycles. The molecule has 2 aliphatic rings. The standard InChI is InChI=1S/C20H17N5O/c26-14-19(23-16-5-2-1-3-6-16)24-17-9-7-15(8-10-17)18-13-22-20-21-11-4-12-25(18)20/h1-14,20,22H,(H,23,24). The highest BCUT2D eigenvalue weighted by Crippen LogP contribution is 2.28. The fourth-order valence-corrected chi connectivity index (χ4v) is 2.81. The highest BCUT2D eigenvalue weighted by atomic mass is 16.1. The summed E-state index contributed by atoms with van der Waals surface area (Å²) < 4.78 is 0. The number of anilines is 1. The third-order valence-corrected chi connectivity index (χ3v) is 4.04. The molecule has 0 saturated heterocycles. The van der Waals surface area contributed by atoms with Crippen LogP contribution in [0.2, 0.25) is 0 Å². The van der Waals surface area contributed by atoms with Crippen LogP contribution in [0, 0.1) is 0 Å². The van der Waals surface area contributed by atoms with E-state index in [9.17, 15) is 4.79 Å². The van der Waals surface area contributed by atoms with Crippen LogP contribution >= 0.6 is 0 Å². The first-order chi connectivity index (χ1) is 12.8. The maximum atomic E-state index is 11.3. The number of amidine groups is 1. The summed E-state index contributed by atoms with van der Waals surface area (Å²) in [6.07, 6.45) is 8.26. The van der Waals surface area contributed by atoms with Gasteiger partial charge in [0.25, 0.3) is 0 Å². The van der Waals surface area contributed by atoms with Crippen molar-refractivity contribution in [2.45, 2.75) is 6.29 Å². The smallest absolute Gasteiger partial charge is 0.200 e. The predicted molar refractivity (Wildman–Crippen MR) is 104 cm³/mol. The fraction of sp³-hybridized carbons (Fsp3) is 0.0500. The molecule has 0 saturated carbocycles. The number of aldehydes is 1. The van der Waals surface area contributed by atoms with Crippen LogP contribution in [0.3, 0.4) is 0 Å². The molecule has 2 aliphatic heterocycles. The molecule has 0 bridgehead atoms. The van der Waals surface area contributed by atoms with Crippen molar-refractivity contribution in [1.82, 2.24) is 10.2 Å². The van der Waals surface area contributed by atoms with Gasteiger partial charge in [0.1, 0.15) is 0 Å². The zero-order valence-corrected chi connectivity index (χ0v) is 13.9. The lowest BCUT2D eigenvalue weighted by Gasteiger charge is -2.24. The van der Waals surface area contributed by atoms with Crippen LogP contribution in [-0.4, -0.2) is 29.5 Å². The Bertz CT molecular complexity index is 913. The molecule has 128 valence electrons. The number of carbonyl (C=O) groups excluding carboxylic acids is 1. The van der Waals surface area contributed by atoms with Gasteiger partial charge in [0.2, 0.25) is 0 Å². The highest BCUT2D eigenvalue weighted by Gasteiger charge is 2.24. The van der Waals surface area contributed by atoms with Gasteiger partial charge in [-0.25, -0.2) is 9.98 Å². The summed E-state index contributed by atoms with van der Waals surface area (Å²) in [5.74, 6) is 0.263. The number of fused-ring (bicyclic) bond motifs is 1. The van der Waals surface area contributed by atoms with E-state index in [0.717, 1.165) is 16.9 Å². The lowest BCUT2D eigenvalue weighted by molar-refractivity contribution is -0.102. The van der Waals surface area contributed by atoms with Crippen molar-refractivity contribution in [1.29, 1.82) is 0 Å². The second kappa shape index (κ2) is 7.06. The molecule has 1 atom stereocenters. The van der Waals surface area contributed by atoms with Crippen LogP contribution < -0.4 is 10.6 Å². The van der Waals surface area contributed by atoms with Gasteiger partial charge in [-0.15, -0.1) is 0 Å². The number of nitrogens with one attached hydrogen (secondary N) is 2. The van der Waals surface area contributed by atoms with Crippen LogP contribution in [0.15, 0.2) is 83.1 Å². The minimum absolute atomic E-state index is 0.0792. The normalized spacial score (nSPS) is 18.2. The summed E-state index contributed by atoms with van der Waals surface area (Å²) in [6.45, 7) is 0. The number of hydrogen-bond donors (Lipinski definition) is 2. The molecule has 2 aromatic carbocycles. The molecule has 0 aromatic heterocycles. The average molecular weight is 343 g/mol. The molecular formula is C20H17N5O. The van der Waals surface area contributed by atoms with Gasteiger partial charge in [-0.05, 0) is 35.9 Å². The molecule has 2 N–H and O–H groups in total. The lowest BCUT2D eigenvalue weighted by Crippen LogP contribution is -2.32. The van der Waals surface area contributed by atoms with Crippen LogP contribution in [0.25, 0.3) is 5.70 Å². The number of hydrogen-bond acceptors (Lipinski definition) is 5. The quantitative estimate of drug-likeness (QED) is 0.508. The topological polar surface area (TPSA) is 69.1 Å². The van der Waals surface area contributed by atoms with Crippen LogP contribution in [0.4, 0.5) is 11.4 Å². The van der Waals surface area contributed by atoms with Gasteiger partial charge in [0.15, 0.2) is 18.4 Å². The maximum absolute atomic E-state index is 11.3. The van der Waals surface area contributed by atoms with Crippen molar-refractivity contribution in [3.63, 3.8) is 0 Å². The largest absolute Gasteiger partial charge is 0.351 e. The summed E-state index contributed by atoms with van der Waals surface area (Å²) >= 11 is 0. The van der Waals surface area contributed by atoms with Gasteiger partial charge in [-0.1, -0.05) is 30.3 Å². The van der Waals surface area contributed by atoms with E-state index in [-0.39, 0.29) is 12.1 Å². The lowest BCUT2D eigenvalue weighted by atomic mass is 10.1. The first kappa shape index (κ1) is 15.8. The highest BCUT2D eigenvalue weighted by molar-refractivity contribution is 6.33. The maximum Gasteiger partial charge on any atom is 0.200 e. The van der Waals surface area contributed by atoms with E-state index in [4.69, 9.17) is 0 Å². The molecular weight excluding hydrogens is 326 g/mol. The molecule has 1 unspecified atom stereocenters. The SMILES string of the molecule is O=CC(=Nc1ccc(C2=CNC3N=CC=CN23)cc1)Nc1ccccc1. The number of aliphatic imine (C=N–C) groups is 2. The summed E-state index contributed by atoms with van der Waals surface area (Å²) in [5, 5.41) is 6.23. The molecule has 26 heavy (non-hydrogen) atoms. The Balaban J connectivity index is 1.51. The number of rotatable bonds is 4. The molecule has 0 spiro atoms. The molecule has 2 heterocycles. The van der Waals surface area contributed by atoms with E-state index < -0.39 is 0 Å². The summed E-state index contributed by atoms with van der Waals surface area (Å²) in [6, 6.07) is 17.2. The van der Waals surface area contributed by atoms with Crippen molar-refractivity contribution < 1.29 is 4.79 Å². The van der Waals surface area contributed by atoms with Crippen molar-refractivity contribution in [3.05, 3.63) is 78.6 Å². The van der Waals surface area contributed by atoms with E-state index in [0.29, 0.717) is 12.0 Å². The number of carbonyl (C=O) groups is 1. The predicted octanol–water partition coefficient (Wildman–Crippen LogP) is 3.11. The molecule has 2 aromatic rings. The third-order valence-electron chi connectivity index (χ3n) is 4.04. The second-order valence-corrected chi connectivity index (χ2v) is 5.77. The zero-order chi connectivity index (χ0) is 17.8. The van der Waals surface area contributed by atoms with Gasteiger partial charge < -0.3 is 15.5 Å². The Morgan fingerprint density at radius 2 is 1.96 bits per heavy atom. The summed E-state index contributed by atoms with van der Waals surface area (Å²) in [5.41, 5.74) is 3.61. The Labute approximate surface area is 151 Å². The molecule has 0 radical (unpaired) electrons. The van der Waals surface area contributed by atoms with Crippen molar-refractivity contribution in [3.8, 4) is 0 Å². The first-order valence-corrected chi connectivity index (χ1v) is 8.24. The number of nitrogens with zero attached hydrogens (tertiary/aromatic N) is 3. The van der Waals surface area contributed by atoms with E-state index in [1.807, 2.05) is 73.1 Å². The average Bonchev–Trinajstić information content (AvgIpc) is 3.13. The van der Waals surface area contributed by atoms with E-state index in [1.165, 1.54) is 0 Å². The van der Waals surface area contributed by atoms with Crippen LogP contribution in [0.1, 0.15) is 5.56 Å². The van der Waals surface area contributed by atoms with Gasteiger partial charge >= 0.3 is 0 Å². The Hall–Kier alpha value is -3.67. The fourth-order valence-electron chi connectivity index (χ4n) is 2.81. The minimum atomic E-state index is -0.0792. The monoisotopic (exact) mass is 343 g/mol. The molecule has 6 heteroatoms. The van der Waals surface area contributed by atoms with Crippen molar-refractivity contribution in [2.75, 3.05) is 5.32 Å². The van der Waals surface area contributed by atoms with E-state index >= 15 is 0 Å². The van der Waals surface area contributed by atoms with Gasteiger partial charge in [-0.3, -0.25) is 4.79 Å². The number of benzene rings is 2. The first-order valence-electron chi connectivity index (χ1n) is 8.24. The van der Waals surface area contributed by atoms with Crippen LogP contribution in [-0.2, 0) is 4.79 Å². The number of allylic oxidation sites excluding steroid dienone is 1. The zero-order valence-electron chi connectivity index (χ0n) is 13.9. The Kier molecular flexibility index (Phi) is 4.30. The van der Waals surface area contributed by atoms with Crippen molar-refractivity contribution >= 4 is 35.4 Å². The Morgan fingerprint density at radius 1 is 1.15 bits per heavy atom. The van der Waals surface area contributed by atoms with Gasteiger partial charge in [-0.2, -0.15) is 0 Å². The van der Waals surface area contributed by atoms with E-state index in [1.54, 1.807) is 6.21 Å². The molecule has 4 rings (SSSR count). The second-order valence-electron chi connectivity index (χ2n) is 5.77. The Morgan fingerprint density at radius 3 is 2.73 bits per heavy atom. The summed E-state index contributed by atoms with van der Waals surface area (Å²) in [4.78, 5) is 22.1. The molecule has 0 amide bonds. The summed E-state index contributed by atoms with van der Waals surface area (Å²) in [7, 11) is 0. The molecule has 6 nitrogen and oxygen atoms in total.